The van der Waals surface area contributed by atoms with Crippen LogP contribution in [0.25, 0.3) is 0 Å². The summed E-state index contributed by atoms with van der Waals surface area (Å²) in [5.74, 6) is -1.11. The average Bonchev–Trinajstić information content (AvgIpc) is 2.54. The van der Waals surface area contributed by atoms with Crippen molar-refractivity contribution in [1.82, 2.24) is 0 Å². The van der Waals surface area contributed by atoms with E-state index in [1.165, 1.54) is 12.1 Å². The van der Waals surface area contributed by atoms with E-state index in [4.69, 9.17) is 15.0 Å². The summed E-state index contributed by atoms with van der Waals surface area (Å²) in [4.78, 5) is 0. The molecule has 2 N–H and O–H groups in total. The van der Waals surface area contributed by atoms with Crippen LogP contribution in [0.1, 0.15) is 39.2 Å². The topological polar surface area (TPSA) is 53.7 Å². The summed E-state index contributed by atoms with van der Waals surface area (Å²) in [6.45, 7) is 7.50. The molecule has 0 aromatic heterocycles. The van der Waals surface area contributed by atoms with Gasteiger partial charge < -0.3 is 19.8 Å². The van der Waals surface area contributed by atoms with E-state index in [0.717, 1.165) is 0 Å². The van der Waals surface area contributed by atoms with Crippen molar-refractivity contribution in [3.63, 3.8) is 0 Å². The third-order valence-electron chi connectivity index (χ3n) is 4.08. The molecule has 2 rings (SSSR count). The van der Waals surface area contributed by atoms with Gasteiger partial charge in [-0.1, -0.05) is 15.9 Å². The van der Waals surface area contributed by atoms with Gasteiger partial charge in [0.25, 0.3) is 0 Å². The van der Waals surface area contributed by atoms with E-state index in [9.17, 15) is 13.2 Å². The zero-order chi connectivity index (χ0) is 17.6. The third kappa shape index (κ3) is 4.20. The second-order valence-corrected chi connectivity index (χ2v) is 7.33. The van der Waals surface area contributed by atoms with Crippen molar-refractivity contribution >= 4 is 23.0 Å². The summed E-state index contributed by atoms with van der Waals surface area (Å²) < 4.78 is 53.2. The number of ether oxygens (including phenoxy) is 1. The molecule has 1 saturated heterocycles. The molecule has 0 bridgehead atoms. The second kappa shape index (κ2) is 5.95. The maximum atomic E-state index is 12.4. The lowest BCUT2D eigenvalue weighted by molar-refractivity contribution is -0.274. The molecule has 0 aliphatic carbocycles. The molecule has 0 radical (unpaired) electrons. The molecule has 1 heterocycles. The first-order chi connectivity index (χ1) is 10.3. The van der Waals surface area contributed by atoms with E-state index < -0.39 is 30.6 Å². The SMILES string of the molecule is CC1(C)OB([C@@H](N)c2cc(Br)cc(OC(F)(F)F)c2)OC1(C)C. The standard InChI is InChI=1S/C14H18BBrF3NO3/c1-12(2)13(3,4)23-15(22-12)11(20)8-5-9(16)7-10(6-8)21-14(17,18)19/h5-7,11H,20H2,1-4H3/t11-/m0/s1. The van der Waals surface area contributed by atoms with Crippen LogP contribution in [-0.2, 0) is 9.31 Å². The zero-order valence-corrected chi connectivity index (χ0v) is 14.8. The zero-order valence-electron chi connectivity index (χ0n) is 13.2. The fraction of sp³-hybridized carbons (Fsp3) is 0.571. The number of rotatable bonds is 3. The largest absolute Gasteiger partial charge is 0.573 e. The van der Waals surface area contributed by atoms with Gasteiger partial charge in [-0.3, -0.25) is 0 Å². The summed E-state index contributed by atoms with van der Waals surface area (Å²) in [6.07, 6.45) is -4.77. The van der Waals surface area contributed by atoms with E-state index in [2.05, 4.69) is 20.7 Å². The van der Waals surface area contributed by atoms with Gasteiger partial charge in [-0.2, -0.15) is 0 Å². The van der Waals surface area contributed by atoms with Gasteiger partial charge in [0.1, 0.15) is 5.75 Å². The van der Waals surface area contributed by atoms with Crippen molar-refractivity contribution in [2.75, 3.05) is 0 Å². The van der Waals surface area contributed by atoms with Gasteiger partial charge in [0.15, 0.2) is 0 Å². The van der Waals surface area contributed by atoms with E-state index >= 15 is 0 Å². The van der Waals surface area contributed by atoms with Crippen molar-refractivity contribution in [2.24, 2.45) is 5.73 Å². The maximum Gasteiger partial charge on any atom is 0.573 e. The highest BCUT2D eigenvalue weighted by Crippen LogP contribution is 2.40. The van der Waals surface area contributed by atoms with Gasteiger partial charge in [0.2, 0.25) is 0 Å². The smallest absolute Gasteiger partial charge is 0.406 e. The molecule has 4 nitrogen and oxygen atoms in total. The molecular formula is C14H18BBrF3NO3. The summed E-state index contributed by atoms with van der Waals surface area (Å²) in [6, 6.07) is 4.06. The van der Waals surface area contributed by atoms with E-state index in [-0.39, 0.29) is 5.75 Å². The first-order valence-electron chi connectivity index (χ1n) is 6.98. The van der Waals surface area contributed by atoms with Crippen molar-refractivity contribution in [3.8, 4) is 5.75 Å². The predicted octanol–water partition coefficient (Wildman–Crippen LogP) is 3.98. The minimum absolute atomic E-state index is 0.353. The van der Waals surface area contributed by atoms with Crippen LogP contribution in [0.3, 0.4) is 0 Å². The molecule has 9 heteroatoms. The van der Waals surface area contributed by atoms with Gasteiger partial charge >= 0.3 is 13.5 Å². The molecule has 0 unspecified atom stereocenters. The van der Waals surface area contributed by atoms with Gasteiger partial charge in [-0.15, -0.1) is 13.2 Å². The predicted molar refractivity (Wildman–Crippen MR) is 83.8 cm³/mol. The number of hydrogen-bond donors (Lipinski definition) is 1. The van der Waals surface area contributed by atoms with E-state index in [0.29, 0.717) is 10.0 Å². The lowest BCUT2D eigenvalue weighted by Gasteiger charge is -2.32. The number of benzene rings is 1. The summed E-state index contributed by atoms with van der Waals surface area (Å²) >= 11 is 3.16. The Morgan fingerprint density at radius 1 is 1.13 bits per heavy atom. The van der Waals surface area contributed by atoms with Crippen LogP contribution in [0.2, 0.25) is 0 Å². The Bertz CT molecular complexity index is 579. The molecule has 0 amide bonds. The van der Waals surface area contributed by atoms with E-state index in [1.807, 2.05) is 27.7 Å². The fourth-order valence-corrected chi connectivity index (χ4v) is 2.65. The van der Waals surface area contributed by atoms with Crippen LogP contribution < -0.4 is 10.5 Å². The molecule has 1 atom stereocenters. The van der Waals surface area contributed by atoms with Gasteiger partial charge in [-0.25, -0.2) is 0 Å². The molecule has 0 saturated carbocycles. The van der Waals surface area contributed by atoms with Crippen LogP contribution in [0.5, 0.6) is 5.75 Å². The Hall–Kier alpha value is -0.765. The average molecular weight is 396 g/mol. The van der Waals surface area contributed by atoms with Crippen LogP contribution in [0.4, 0.5) is 13.2 Å². The van der Waals surface area contributed by atoms with Crippen LogP contribution in [0, 0.1) is 0 Å². The lowest BCUT2D eigenvalue weighted by Crippen LogP contribution is -2.41. The van der Waals surface area contributed by atoms with E-state index in [1.54, 1.807) is 6.07 Å². The lowest BCUT2D eigenvalue weighted by atomic mass is 9.75. The number of alkyl halides is 3. The number of halogens is 4. The van der Waals surface area contributed by atoms with Crippen LogP contribution in [-0.4, -0.2) is 24.7 Å². The summed E-state index contributed by atoms with van der Waals surface area (Å²) in [7, 11) is -0.770. The molecule has 1 fully saturated rings. The number of nitrogens with two attached hydrogens (primary N) is 1. The molecule has 1 aromatic carbocycles. The molecular weight excluding hydrogens is 378 g/mol. The molecule has 128 valence electrons. The monoisotopic (exact) mass is 395 g/mol. The third-order valence-corrected chi connectivity index (χ3v) is 4.53. The Kier molecular flexibility index (Phi) is 4.80. The number of hydrogen-bond acceptors (Lipinski definition) is 4. The Morgan fingerprint density at radius 3 is 2.13 bits per heavy atom. The first-order valence-corrected chi connectivity index (χ1v) is 7.77. The molecule has 1 aliphatic heterocycles. The van der Waals surface area contributed by atoms with Crippen molar-refractivity contribution < 1.29 is 27.2 Å². The first kappa shape index (κ1) is 18.6. The van der Waals surface area contributed by atoms with Crippen molar-refractivity contribution in [2.45, 2.75) is 51.2 Å². The minimum atomic E-state index is -4.77. The highest BCUT2D eigenvalue weighted by molar-refractivity contribution is 9.10. The fourth-order valence-electron chi connectivity index (χ4n) is 2.16. The molecule has 23 heavy (non-hydrogen) atoms. The Labute approximate surface area is 141 Å². The second-order valence-electron chi connectivity index (χ2n) is 6.42. The quantitative estimate of drug-likeness (QED) is 0.786. The minimum Gasteiger partial charge on any atom is -0.406 e. The Morgan fingerprint density at radius 2 is 1.65 bits per heavy atom. The summed E-state index contributed by atoms with van der Waals surface area (Å²) in [5, 5.41) is 0. The summed E-state index contributed by atoms with van der Waals surface area (Å²) in [5.41, 5.74) is 5.40. The highest BCUT2D eigenvalue weighted by Gasteiger charge is 2.53. The van der Waals surface area contributed by atoms with Crippen molar-refractivity contribution in [3.05, 3.63) is 28.2 Å². The van der Waals surface area contributed by atoms with Gasteiger partial charge in [-0.05, 0) is 51.5 Å². The molecule has 0 spiro atoms. The molecule has 1 aromatic rings. The van der Waals surface area contributed by atoms with Crippen LogP contribution >= 0.6 is 15.9 Å². The van der Waals surface area contributed by atoms with Gasteiger partial charge in [0, 0.05) is 4.47 Å². The highest BCUT2D eigenvalue weighted by atomic mass is 79.9. The van der Waals surface area contributed by atoms with Crippen molar-refractivity contribution in [1.29, 1.82) is 0 Å². The molecule has 1 aliphatic rings. The normalized spacial score (nSPS) is 21.3. The Balaban J connectivity index is 2.25. The van der Waals surface area contributed by atoms with Gasteiger partial charge in [0.05, 0.1) is 17.1 Å². The van der Waals surface area contributed by atoms with Crippen LogP contribution in [0.15, 0.2) is 22.7 Å². The maximum absolute atomic E-state index is 12.4.